The van der Waals surface area contributed by atoms with Gasteiger partial charge in [-0.1, -0.05) is 0 Å². The van der Waals surface area contributed by atoms with Gasteiger partial charge in [0.15, 0.2) is 0 Å². The summed E-state index contributed by atoms with van der Waals surface area (Å²) in [7, 11) is -3.43. The van der Waals surface area contributed by atoms with Gasteiger partial charge in [-0.15, -0.1) is 0 Å². The summed E-state index contributed by atoms with van der Waals surface area (Å²) in [5.74, 6) is 0.564. The Morgan fingerprint density at radius 3 is 2.69 bits per heavy atom. The monoisotopic (exact) mass is 243 g/mol. The van der Waals surface area contributed by atoms with Crippen LogP contribution in [0.3, 0.4) is 0 Å². The summed E-state index contributed by atoms with van der Waals surface area (Å²) < 4.78 is 26.2. The highest BCUT2D eigenvalue weighted by atomic mass is 32.2. The van der Waals surface area contributed by atoms with Crippen molar-refractivity contribution in [1.82, 2.24) is 9.71 Å². The van der Waals surface area contributed by atoms with Gasteiger partial charge in [-0.3, -0.25) is 0 Å². The maximum absolute atomic E-state index is 11.8. The van der Waals surface area contributed by atoms with E-state index in [9.17, 15) is 8.42 Å². The van der Waals surface area contributed by atoms with Crippen LogP contribution in [0.2, 0.25) is 0 Å². The molecule has 0 saturated heterocycles. The third-order valence-electron chi connectivity index (χ3n) is 1.79. The molecule has 0 radical (unpaired) electrons. The second kappa shape index (κ2) is 5.27. The van der Waals surface area contributed by atoms with E-state index >= 15 is 0 Å². The van der Waals surface area contributed by atoms with Crippen LogP contribution >= 0.6 is 0 Å². The van der Waals surface area contributed by atoms with Crippen molar-refractivity contribution in [3.05, 3.63) is 18.3 Å². The van der Waals surface area contributed by atoms with Crippen LogP contribution in [-0.4, -0.2) is 26.0 Å². The quantitative estimate of drug-likeness (QED) is 0.815. The third kappa shape index (κ3) is 3.46. The van der Waals surface area contributed by atoms with Crippen LogP contribution in [0, 0.1) is 0 Å². The van der Waals surface area contributed by atoms with Gasteiger partial charge in [-0.05, 0) is 26.8 Å². The minimum absolute atomic E-state index is 0.124. The highest BCUT2D eigenvalue weighted by molar-refractivity contribution is 7.89. The number of nitrogens with zero attached hydrogens (tertiary/aromatic N) is 1. The predicted octanol–water partition coefficient (Wildman–Crippen LogP) is 1.20. The number of anilines is 1. The van der Waals surface area contributed by atoms with Crippen molar-refractivity contribution in [2.45, 2.75) is 31.7 Å². The summed E-state index contributed by atoms with van der Waals surface area (Å²) in [6.07, 6.45) is 1.48. The average molecular weight is 243 g/mol. The smallest absolute Gasteiger partial charge is 0.240 e. The molecule has 0 aliphatic rings. The Bertz CT molecular complexity index is 443. The van der Waals surface area contributed by atoms with E-state index < -0.39 is 10.0 Å². The Balaban J connectivity index is 2.99. The maximum atomic E-state index is 11.8. The Labute approximate surface area is 96.3 Å². The fourth-order valence-electron chi connectivity index (χ4n) is 1.23. The van der Waals surface area contributed by atoms with Crippen LogP contribution in [0.15, 0.2) is 23.2 Å². The van der Waals surface area contributed by atoms with E-state index in [1.54, 1.807) is 13.8 Å². The fourth-order valence-corrected chi connectivity index (χ4v) is 2.50. The first kappa shape index (κ1) is 12.9. The molecule has 1 aromatic heterocycles. The molecule has 0 amide bonds. The van der Waals surface area contributed by atoms with E-state index in [-0.39, 0.29) is 10.9 Å². The summed E-state index contributed by atoms with van der Waals surface area (Å²) in [6.45, 7) is 6.19. The first-order chi connectivity index (χ1) is 7.45. The van der Waals surface area contributed by atoms with Gasteiger partial charge in [0, 0.05) is 24.8 Å². The largest absolute Gasteiger partial charge is 0.370 e. The molecule has 0 bridgehead atoms. The molecule has 0 aromatic carbocycles. The van der Waals surface area contributed by atoms with Crippen molar-refractivity contribution in [2.75, 3.05) is 11.9 Å². The van der Waals surface area contributed by atoms with E-state index in [0.717, 1.165) is 0 Å². The highest BCUT2D eigenvalue weighted by Gasteiger charge is 2.15. The molecule has 6 heteroatoms. The van der Waals surface area contributed by atoms with Gasteiger partial charge < -0.3 is 5.32 Å². The van der Waals surface area contributed by atoms with Crippen molar-refractivity contribution in [3.63, 3.8) is 0 Å². The number of nitrogens with one attached hydrogen (secondary N) is 2. The van der Waals surface area contributed by atoms with Crippen LogP contribution in [0.1, 0.15) is 20.8 Å². The summed E-state index contributed by atoms with van der Waals surface area (Å²) in [6, 6.07) is 2.88. The average Bonchev–Trinajstić information content (AvgIpc) is 2.16. The molecule has 0 aliphatic heterocycles. The number of sulfonamides is 1. The molecule has 1 aromatic rings. The van der Waals surface area contributed by atoms with E-state index in [2.05, 4.69) is 15.0 Å². The third-order valence-corrected chi connectivity index (χ3v) is 3.45. The van der Waals surface area contributed by atoms with Gasteiger partial charge in [0.2, 0.25) is 10.0 Å². The lowest BCUT2D eigenvalue weighted by Gasteiger charge is -2.10. The minimum Gasteiger partial charge on any atom is -0.370 e. The number of pyridine rings is 1. The Kier molecular flexibility index (Phi) is 4.26. The summed E-state index contributed by atoms with van der Waals surface area (Å²) in [5.41, 5.74) is 0. The number of aromatic nitrogens is 1. The SMILES string of the molecule is CCNc1cc(S(=O)(=O)NC(C)C)ccn1. The van der Waals surface area contributed by atoms with E-state index in [1.807, 2.05) is 6.92 Å². The molecule has 0 unspecified atom stereocenters. The Hall–Kier alpha value is -1.14. The zero-order valence-corrected chi connectivity index (χ0v) is 10.5. The molecule has 0 saturated carbocycles. The molecule has 1 heterocycles. The van der Waals surface area contributed by atoms with Gasteiger partial charge in [0.05, 0.1) is 4.90 Å². The standard InChI is InChI=1S/C10H17N3O2S/c1-4-11-10-7-9(5-6-12-10)16(14,15)13-8(2)3/h5-8,13H,4H2,1-3H3,(H,11,12). The second-order valence-corrected chi connectivity index (χ2v) is 5.40. The van der Waals surface area contributed by atoms with Crippen molar-refractivity contribution in [2.24, 2.45) is 0 Å². The van der Waals surface area contributed by atoms with Gasteiger partial charge in [0.25, 0.3) is 0 Å². The zero-order valence-electron chi connectivity index (χ0n) is 9.69. The predicted molar refractivity (Wildman–Crippen MR) is 63.9 cm³/mol. The van der Waals surface area contributed by atoms with Crippen molar-refractivity contribution >= 4 is 15.8 Å². The molecule has 0 atom stereocenters. The second-order valence-electron chi connectivity index (χ2n) is 3.68. The number of rotatable bonds is 5. The molecule has 90 valence electrons. The van der Waals surface area contributed by atoms with Crippen molar-refractivity contribution < 1.29 is 8.42 Å². The molecule has 0 fully saturated rings. The Morgan fingerprint density at radius 2 is 2.12 bits per heavy atom. The lowest BCUT2D eigenvalue weighted by Crippen LogP contribution is -2.30. The fraction of sp³-hybridized carbons (Fsp3) is 0.500. The molecule has 0 spiro atoms. The Morgan fingerprint density at radius 1 is 1.44 bits per heavy atom. The molecule has 16 heavy (non-hydrogen) atoms. The lowest BCUT2D eigenvalue weighted by atomic mass is 10.4. The summed E-state index contributed by atoms with van der Waals surface area (Å²) in [5, 5.41) is 2.97. The number of hydrogen-bond acceptors (Lipinski definition) is 4. The molecule has 1 rings (SSSR count). The summed E-state index contributed by atoms with van der Waals surface area (Å²) >= 11 is 0. The van der Waals surface area contributed by atoms with Crippen LogP contribution in [0.25, 0.3) is 0 Å². The minimum atomic E-state index is -3.43. The molecular formula is C10H17N3O2S. The molecular weight excluding hydrogens is 226 g/mol. The van der Waals surface area contributed by atoms with Crippen molar-refractivity contribution in [1.29, 1.82) is 0 Å². The summed E-state index contributed by atoms with van der Waals surface area (Å²) in [4.78, 5) is 4.25. The molecule has 5 nitrogen and oxygen atoms in total. The van der Waals surface area contributed by atoms with Gasteiger partial charge in [-0.2, -0.15) is 0 Å². The lowest BCUT2D eigenvalue weighted by molar-refractivity contribution is 0.570. The van der Waals surface area contributed by atoms with Gasteiger partial charge in [0.1, 0.15) is 5.82 Å². The van der Waals surface area contributed by atoms with Crippen LogP contribution in [0.5, 0.6) is 0 Å². The van der Waals surface area contributed by atoms with Gasteiger partial charge >= 0.3 is 0 Å². The number of hydrogen-bond donors (Lipinski definition) is 2. The highest BCUT2D eigenvalue weighted by Crippen LogP contribution is 2.12. The van der Waals surface area contributed by atoms with E-state index in [4.69, 9.17) is 0 Å². The van der Waals surface area contributed by atoms with E-state index in [1.165, 1.54) is 18.3 Å². The van der Waals surface area contributed by atoms with Crippen molar-refractivity contribution in [3.8, 4) is 0 Å². The first-order valence-corrected chi connectivity index (χ1v) is 6.66. The topological polar surface area (TPSA) is 71.1 Å². The first-order valence-electron chi connectivity index (χ1n) is 5.18. The van der Waals surface area contributed by atoms with E-state index in [0.29, 0.717) is 12.4 Å². The van der Waals surface area contributed by atoms with Gasteiger partial charge in [-0.25, -0.2) is 18.1 Å². The molecule has 0 aliphatic carbocycles. The molecule has 2 N–H and O–H groups in total. The van der Waals surface area contributed by atoms with Crippen LogP contribution < -0.4 is 10.0 Å². The maximum Gasteiger partial charge on any atom is 0.240 e. The normalized spacial score (nSPS) is 11.8. The van der Waals surface area contributed by atoms with Crippen LogP contribution in [0.4, 0.5) is 5.82 Å². The zero-order chi connectivity index (χ0) is 12.2. The van der Waals surface area contributed by atoms with Crippen LogP contribution in [-0.2, 0) is 10.0 Å².